The van der Waals surface area contributed by atoms with Crippen molar-refractivity contribution in [2.24, 2.45) is 0 Å². The van der Waals surface area contributed by atoms with E-state index < -0.39 is 0 Å². The normalized spacial score (nSPS) is 17.0. The number of allylic oxidation sites excluding steroid dienone is 2. The first-order valence-electron chi connectivity index (χ1n) is 5.57. The molecule has 1 aliphatic carbocycles. The molecule has 0 unspecified atom stereocenters. The summed E-state index contributed by atoms with van der Waals surface area (Å²) in [6.45, 7) is 4.54. The highest BCUT2D eigenvalue weighted by Gasteiger charge is 2.11. The van der Waals surface area contributed by atoms with E-state index in [-0.39, 0.29) is 5.97 Å². The van der Waals surface area contributed by atoms with Crippen LogP contribution in [0.3, 0.4) is 0 Å². The lowest BCUT2D eigenvalue weighted by Crippen LogP contribution is -2.06. The largest absolute Gasteiger partial charge is 0.466 e. The molecular weight excluding hydrogens is 176 g/mol. The predicted molar refractivity (Wildman–Crippen MR) is 57.0 cm³/mol. The third-order valence-electron chi connectivity index (χ3n) is 2.82. The average Bonchev–Trinajstić information content (AvgIpc) is 2.17. The van der Waals surface area contributed by atoms with Crippen molar-refractivity contribution in [3.63, 3.8) is 0 Å². The Kier molecular flexibility index (Phi) is 4.71. The van der Waals surface area contributed by atoms with Gasteiger partial charge in [-0.05, 0) is 46.0 Å². The van der Waals surface area contributed by atoms with Crippen molar-refractivity contribution >= 4 is 5.97 Å². The molecule has 0 amide bonds. The van der Waals surface area contributed by atoms with E-state index in [1.807, 2.05) is 6.92 Å². The maximum atomic E-state index is 11.1. The summed E-state index contributed by atoms with van der Waals surface area (Å²) in [5.41, 5.74) is 2.99. The van der Waals surface area contributed by atoms with Crippen molar-refractivity contribution < 1.29 is 9.53 Å². The summed E-state index contributed by atoms with van der Waals surface area (Å²) in [5, 5.41) is 0. The number of carbonyl (C=O) groups is 1. The Bertz CT molecular complexity index is 228. The first kappa shape index (κ1) is 11.3. The Morgan fingerprint density at radius 3 is 2.71 bits per heavy atom. The zero-order valence-corrected chi connectivity index (χ0v) is 9.27. The van der Waals surface area contributed by atoms with Crippen molar-refractivity contribution in [2.45, 2.75) is 52.4 Å². The molecule has 0 spiro atoms. The van der Waals surface area contributed by atoms with Crippen LogP contribution in [0.5, 0.6) is 0 Å². The van der Waals surface area contributed by atoms with Crippen LogP contribution in [0.15, 0.2) is 11.1 Å². The predicted octanol–water partition coefficient (Wildman–Crippen LogP) is 3.22. The highest BCUT2D eigenvalue weighted by atomic mass is 16.5. The standard InChI is InChI=1S/C12H20O2/c1-3-14-12(13)9-8-11-7-5-4-6-10(11)2/h3-9H2,1-2H3. The molecular formula is C12H20O2. The van der Waals surface area contributed by atoms with E-state index in [1.54, 1.807) is 0 Å². The van der Waals surface area contributed by atoms with Crippen LogP contribution in [0.4, 0.5) is 0 Å². The summed E-state index contributed by atoms with van der Waals surface area (Å²) in [4.78, 5) is 11.1. The van der Waals surface area contributed by atoms with E-state index in [4.69, 9.17) is 4.74 Å². The second kappa shape index (κ2) is 5.84. The maximum Gasteiger partial charge on any atom is 0.306 e. The van der Waals surface area contributed by atoms with Gasteiger partial charge < -0.3 is 4.74 Å². The zero-order valence-electron chi connectivity index (χ0n) is 9.27. The minimum absolute atomic E-state index is 0.0571. The van der Waals surface area contributed by atoms with E-state index >= 15 is 0 Å². The minimum Gasteiger partial charge on any atom is -0.466 e. The number of carbonyl (C=O) groups excluding carboxylic acids is 1. The molecule has 2 heteroatoms. The highest BCUT2D eigenvalue weighted by Crippen LogP contribution is 2.27. The van der Waals surface area contributed by atoms with Crippen LogP contribution in [0.25, 0.3) is 0 Å². The van der Waals surface area contributed by atoms with Crippen LogP contribution in [0, 0.1) is 0 Å². The molecule has 0 saturated heterocycles. The fraction of sp³-hybridized carbons (Fsp3) is 0.750. The van der Waals surface area contributed by atoms with Gasteiger partial charge in [-0.3, -0.25) is 4.79 Å². The molecule has 0 aromatic rings. The fourth-order valence-corrected chi connectivity index (χ4v) is 1.94. The van der Waals surface area contributed by atoms with Crippen LogP contribution in [0.1, 0.15) is 52.4 Å². The molecule has 0 aromatic heterocycles. The van der Waals surface area contributed by atoms with Crippen molar-refractivity contribution in [3.05, 3.63) is 11.1 Å². The molecule has 1 rings (SSSR count). The lowest BCUT2D eigenvalue weighted by molar-refractivity contribution is -0.143. The molecule has 0 N–H and O–H groups in total. The van der Waals surface area contributed by atoms with Gasteiger partial charge in [0.05, 0.1) is 6.61 Å². The summed E-state index contributed by atoms with van der Waals surface area (Å²) in [6.07, 6.45) is 6.47. The summed E-state index contributed by atoms with van der Waals surface area (Å²) in [7, 11) is 0. The van der Waals surface area contributed by atoms with Crippen LogP contribution in [0.2, 0.25) is 0 Å². The van der Waals surface area contributed by atoms with Crippen molar-refractivity contribution in [3.8, 4) is 0 Å². The van der Waals surface area contributed by atoms with E-state index in [9.17, 15) is 4.79 Å². The van der Waals surface area contributed by atoms with E-state index in [0.29, 0.717) is 13.0 Å². The van der Waals surface area contributed by atoms with Crippen LogP contribution in [-0.2, 0) is 9.53 Å². The van der Waals surface area contributed by atoms with Gasteiger partial charge in [-0.1, -0.05) is 11.1 Å². The molecule has 0 saturated carbocycles. The van der Waals surface area contributed by atoms with Crippen molar-refractivity contribution in [1.29, 1.82) is 0 Å². The molecule has 0 aromatic carbocycles. The van der Waals surface area contributed by atoms with Gasteiger partial charge in [-0.2, -0.15) is 0 Å². The number of hydrogen-bond acceptors (Lipinski definition) is 2. The Morgan fingerprint density at radius 2 is 2.07 bits per heavy atom. The number of hydrogen-bond donors (Lipinski definition) is 0. The monoisotopic (exact) mass is 196 g/mol. The topological polar surface area (TPSA) is 26.3 Å². The van der Waals surface area contributed by atoms with Crippen LogP contribution < -0.4 is 0 Å². The summed E-state index contributed by atoms with van der Waals surface area (Å²) < 4.78 is 4.91. The average molecular weight is 196 g/mol. The molecule has 0 heterocycles. The van der Waals surface area contributed by atoms with Gasteiger partial charge in [0.25, 0.3) is 0 Å². The Hall–Kier alpha value is -0.790. The third-order valence-corrected chi connectivity index (χ3v) is 2.82. The highest BCUT2D eigenvalue weighted by molar-refractivity contribution is 5.69. The van der Waals surface area contributed by atoms with Gasteiger partial charge in [-0.25, -0.2) is 0 Å². The molecule has 0 atom stereocenters. The quantitative estimate of drug-likeness (QED) is 0.509. The molecule has 0 fully saturated rings. The van der Waals surface area contributed by atoms with Gasteiger partial charge in [0.2, 0.25) is 0 Å². The summed E-state index contributed by atoms with van der Waals surface area (Å²) in [6, 6.07) is 0. The van der Waals surface area contributed by atoms with Gasteiger partial charge >= 0.3 is 5.97 Å². The Labute approximate surface area is 86.3 Å². The first-order valence-corrected chi connectivity index (χ1v) is 5.57. The second-order valence-corrected chi connectivity index (χ2v) is 3.90. The lowest BCUT2D eigenvalue weighted by Gasteiger charge is -2.17. The molecule has 1 aliphatic rings. The van der Waals surface area contributed by atoms with E-state index in [1.165, 1.54) is 36.8 Å². The van der Waals surface area contributed by atoms with Gasteiger partial charge in [0, 0.05) is 6.42 Å². The fourth-order valence-electron chi connectivity index (χ4n) is 1.94. The van der Waals surface area contributed by atoms with E-state index in [2.05, 4.69) is 6.92 Å². The van der Waals surface area contributed by atoms with Gasteiger partial charge in [-0.15, -0.1) is 0 Å². The third kappa shape index (κ3) is 3.52. The van der Waals surface area contributed by atoms with Crippen LogP contribution >= 0.6 is 0 Å². The lowest BCUT2D eigenvalue weighted by atomic mass is 9.90. The Balaban J connectivity index is 2.33. The van der Waals surface area contributed by atoms with Gasteiger partial charge in [0.1, 0.15) is 0 Å². The second-order valence-electron chi connectivity index (χ2n) is 3.90. The minimum atomic E-state index is -0.0571. The molecule has 0 radical (unpaired) electrons. The smallest absolute Gasteiger partial charge is 0.306 e. The number of rotatable bonds is 4. The zero-order chi connectivity index (χ0) is 10.4. The summed E-state index contributed by atoms with van der Waals surface area (Å²) >= 11 is 0. The molecule has 2 nitrogen and oxygen atoms in total. The number of esters is 1. The SMILES string of the molecule is CCOC(=O)CCC1=C(C)CCCC1. The first-order chi connectivity index (χ1) is 6.74. The Morgan fingerprint density at radius 1 is 1.36 bits per heavy atom. The van der Waals surface area contributed by atoms with Crippen molar-refractivity contribution in [2.75, 3.05) is 6.61 Å². The molecule has 0 aliphatic heterocycles. The van der Waals surface area contributed by atoms with E-state index in [0.717, 1.165) is 6.42 Å². The van der Waals surface area contributed by atoms with Crippen LogP contribution in [-0.4, -0.2) is 12.6 Å². The maximum absolute atomic E-state index is 11.1. The van der Waals surface area contributed by atoms with Gasteiger partial charge in [0.15, 0.2) is 0 Å². The molecule has 0 bridgehead atoms. The van der Waals surface area contributed by atoms with Crippen molar-refractivity contribution in [1.82, 2.24) is 0 Å². The number of ether oxygens (including phenoxy) is 1. The molecule has 14 heavy (non-hydrogen) atoms. The summed E-state index contributed by atoms with van der Waals surface area (Å²) in [5.74, 6) is -0.0571. The molecule has 80 valence electrons.